The van der Waals surface area contributed by atoms with E-state index in [1.807, 2.05) is 45.0 Å². The van der Waals surface area contributed by atoms with Crippen LogP contribution >= 0.6 is 0 Å². The Hall–Kier alpha value is -4.37. The van der Waals surface area contributed by atoms with Crippen molar-refractivity contribution in [1.82, 2.24) is 24.8 Å². The van der Waals surface area contributed by atoms with Gasteiger partial charge >= 0.3 is 6.09 Å². The van der Waals surface area contributed by atoms with E-state index in [1.165, 1.54) is 6.07 Å². The summed E-state index contributed by atoms with van der Waals surface area (Å²) < 4.78 is 34.8. The third-order valence-electron chi connectivity index (χ3n) is 10.7. The smallest absolute Gasteiger partial charge is 0.407 e. The van der Waals surface area contributed by atoms with Crippen LogP contribution in [0, 0.1) is 5.82 Å². The first-order valence-electron chi connectivity index (χ1n) is 19.9. The maximum Gasteiger partial charge on any atom is 0.407 e. The Bertz CT molecular complexity index is 2010. The van der Waals surface area contributed by atoms with E-state index in [1.54, 1.807) is 18.5 Å². The molecule has 3 aliphatic heterocycles. The molecule has 2 aromatic heterocycles. The number of morpholine rings is 1. The molecule has 2 N–H and O–H groups in total. The maximum atomic E-state index is 15.1. The van der Waals surface area contributed by atoms with Crippen molar-refractivity contribution in [3.05, 3.63) is 71.8 Å². The summed E-state index contributed by atoms with van der Waals surface area (Å²) in [6, 6.07) is 16.0. The molecule has 5 heterocycles. The van der Waals surface area contributed by atoms with Crippen molar-refractivity contribution in [3.63, 3.8) is 0 Å². The zero-order chi connectivity index (χ0) is 39.6. The number of likely N-dealkylation sites (tertiary alicyclic amines) is 1. The summed E-state index contributed by atoms with van der Waals surface area (Å²) in [5.74, 6) is -0.181. The molecular weight excluding hydrogens is 730 g/mol. The first-order valence-corrected chi connectivity index (χ1v) is 23.6. The van der Waals surface area contributed by atoms with Gasteiger partial charge in [0.2, 0.25) is 0 Å². The van der Waals surface area contributed by atoms with Crippen LogP contribution in [0.2, 0.25) is 25.7 Å². The molecule has 7 rings (SSSR count). The van der Waals surface area contributed by atoms with Crippen LogP contribution < -0.4 is 15.5 Å². The molecular formula is C42H56FN7O5Si. The summed E-state index contributed by atoms with van der Waals surface area (Å²) in [6.45, 7) is 17.0. The van der Waals surface area contributed by atoms with Gasteiger partial charge in [-0.3, -0.25) is 9.69 Å². The molecule has 0 radical (unpaired) electrons. The first-order chi connectivity index (χ1) is 26.7. The Kier molecular flexibility index (Phi) is 11.8. The number of hydrogen-bond donors (Lipinski definition) is 2. The van der Waals surface area contributed by atoms with E-state index in [0.29, 0.717) is 57.4 Å². The van der Waals surface area contributed by atoms with Crippen molar-refractivity contribution < 1.29 is 28.2 Å². The molecule has 0 spiro atoms. The SMILES string of the molecule is CC(C)(C)OC(=O)N[C@@H]1CCCN(Cc2ccc(F)c(C(=O)Nc3ccc(-c4cc5c(N6C7CCC6COC7)ncnc5n4COCC[Si](C)(C)C)cc3)c2)C1. The van der Waals surface area contributed by atoms with Gasteiger partial charge in [-0.2, -0.15) is 0 Å². The van der Waals surface area contributed by atoms with E-state index < -0.39 is 31.5 Å². The summed E-state index contributed by atoms with van der Waals surface area (Å²) in [4.78, 5) is 40.0. The molecule has 12 nitrogen and oxygen atoms in total. The van der Waals surface area contributed by atoms with Gasteiger partial charge in [0.05, 0.1) is 41.9 Å². The van der Waals surface area contributed by atoms with Crippen LogP contribution in [0.5, 0.6) is 0 Å². The second-order valence-corrected chi connectivity index (χ2v) is 23.3. The predicted octanol–water partition coefficient (Wildman–Crippen LogP) is 7.66. The number of hydrogen-bond acceptors (Lipinski definition) is 9. The highest BCUT2D eigenvalue weighted by Gasteiger charge is 2.39. The fraction of sp³-hybridized carbons (Fsp3) is 0.524. The van der Waals surface area contributed by atoms with E-state index in [2.05, 4.69) is 50.7 Å². The number of fused-ring (bicyclic) bond motifs is 3. The number of aromatic nitrogens is 3. The van der Waals surface area contributed by atoms with E-state index in [4.69, 9.17) is 24.2 Å². The minimum Gasteiger partial charge on any atom is -0.444 e. The number of nitrogens with zero attached hydrogens (tertiary/aromatic N) is 5. The van der Waals surface area contributed by atoms with Gasteiger partial charge in [0, 0.05) is 39.5 Å². The molecule has 300 valence electrons. The van der Waals surface area contributed by atoms with Crippen LogP contribution in [0.3, 0.4) is 0 Å². The molecule has 2 unspecified atom stereocenters. The minimum atomic E-state index is -1.28. The normalized spacial score (nSPS) is 20.3. The standard InChI is InChI=1S/C42H56FN7O5Si/c1-42(2,3)55-41(52)47-31-8-7-17-48(23-31)22-28-9-16-36(43)34(20-28)40(51)46-30-12-10-29(11-13-30)37-21-35-38(49(37)27-53-18-19-56(4,5)6)44-26-45-39(35)50-32-14-15-33(50)25-54-24-32/h9-13,16,20-21,26,31-33H,7-8,14-15,17-19,22-25,27H2,1-6H3,(H,46,51)(H,47,52)/t31-,32?,33?/m1/s1. The molecule has 3 fully saturated rings. The van der Waals surface area contributed by atoms with Gasteiger partial charge in [-0.15, -0.1) is 0 Å². The van der Waals surface area contributed by atoms with Crippen molar-refractivity contribution in [2.24, 2.45) is 0 Å². The molecule has 2 amide bonds. The number of amides is 2. The van der Waals surface area contributed by atoms with Crippen LogP contribution in [0.25, 0.3) is 22.3 Å². The Morgan fingerprint density at radius 2 is 1.75 bits per heavy atom. The molecule has 0 saturated carbocycles. The number of alkyl carbamates (subject to hydrolysis) is 1. The third-order valence-corrected chi connectivity index (χ3v) is 12.4. The number of nitrogens with one attached hydrogen (secondary N) is 2. The Morgan fingerprint density at radius 3 is 2.46 bits per heavy atom. The number of carbonyl (C=O) groups excluding carboxylic acids is 2. The Balaban J connectivity index is 1.06. The minimum absolute atomic E-state index is 0.0224. The van der Waals surface area contributed by atoms with Crippen molar-refractivity contribution in [1.29, 1.82) is 0 Å². The number of anilines is 2. The molecule has 0 aliphatic carbocycles. The summed E-state index contributed by atoms with van der Waals surface area (Å²) in [5, 5.41) is 6.85. The molecule has 4 aromatic rings. The van der Waals surface area contributed by atoms with Gasteiger partial charge in [0.1, 0.15) is 35.9 Å². The zero-order valence-electron chi connectivity index (χ0n) is 33.6. The van der Waals surface area contributed by atoms with Gasteiger partial charge in [-0.05, 0) is 101 Å². The number of benzene rings is 2. The van der Waals surface area contributed by atoms with Crippen LogP contribution in [-0.4, -0.2) is 96.1 Å². The lowest BCUT2D eigenvalue weighted by Gasteiger charge is -2.35. The molecule has 2 aromatic carbocycles. The van der Waals surface area contributed by atoms with Crippen molar-refractivity contribution in [2.45, 2.75) is 109 Å². The molecule has 3 saturated heterocycles. The highest BCUT2D eigenvalue weighted by atomic mass is 28.3. The number of carbonyl (C=O) groups is 2. The summed E-state index contributed by atoms with van der Waals surface area (Å²) in [5.41, 5.74) is 3.46. The highest BCUT2D eigenvalue weighted by Crippen LogP contribution is 2.39. The highest BCUT2D eigenvalue weighted by molar-refractivity contribution is 6.76. The molecule has 14 heteroatoms. The molecule has 3 aliphatic rings. The van der Waals surface area contributed by atoms with Crippen LogP contribution in [0.1, 0.15) is 62.4 Å². The van der Waals surface area contributed by atoms with Gasteiger partial charge in [-0.25, -0.2) is 19.2 Å². The van der Waals surface area contributed by atoms with Gasteiger partial charge in [0.15, 0.2) is 0 Å². The Morgan fingerprint density at radius 1 is 1.00 bits per heavy atom. The van der Waals surface area contributed by atoms with Crippen molar-refractivity contribution >= 4 is 42.6 Å². The number of piperidine rings is 1. The third kappa shape index (κ3) is 9.59. The number of halogens is 1. The van der Waals surface area contributed by atoms with Gasteiger partial charge in [0.25, 0.3) is 5.91 Å². The monoisotopic (exact) mass is 785 g/mol. The number of rotatable bonds is 12. The molecule has 3 atom stereocenters. The Labute approximate surface area is 330 Å². The lowest BCUT2D eigenvalue weighted by molar-refractivity contribution is 0.0470. The van der Waals surface area contributed by atoms with E-state index in [-0.39, 0.29) is 11.6 Å². The average Bonchev–Trinajstić information content (AvgIpc) is 3.62. The summed E-state index contributed by atoms with van der Waals surface area (Å²) in [6.07, 6.45) is 5.14. The lowest BCUT2D eigenvalue weighted by atomic mass is 10.0. The van der Waals surface area contributed by atoms with E-state index >= 15 is 4.39 Å². The van der Waals surface area contributed by atoms with Gasteiger partial charge < -0.3 is 34.3 Å². The summed E-state index contributed by atoms with van der Waals surface area (Å²) >= 11 is 0. The largest absolute Gasteiger partial charge is 0.444 e. The molecule has 2 bridgehead atoms. The molecule has 56 heavy (non-hydrogen) atoms. The van der Waals surface area contributed by atoms with Crippen LogP contribution in [0.4, 0.5) is 20.7 Å². The lowest BCUT2D eigenvalue weighted by Crippen LogP contribution is -2.48. The second kappa shape index (κ2) is 16.6. The van der Waals surface area contributed by atoms with Crippen LogP contribution in [-0.2, 0) is 27.5 Å². The topological polar surface area (TPSA) is 123 Å². The number of ether oxygens (including phenoxy) is 3. The average molecular weight is 786 g/mol. The maximum absolute atomic E-state index is 15.1. The van der Waals surface area contributed by atoms with Crippen molar-refractivity contribution in [3.8, 4) is 11.3 Å². The predicted molar refractivity (Wildman–Crippen MR) is 219 cm³/mol. The first kappa shape index (κ1) is 39.8. The van der Waals surface area contributed by atoms with Crippen LogP contribution in [0.15, 0.2) is 54.9 Å². The van der Waals surface area contributed by atoms with E-state index in [0.717, 1.165) is 71.9 Å². The zero-order valence-corrected chi connectivity index (χ0v) is 34.6. The van der Waals surface area contributed by atoms with Crippen molar-refractivity contribution in [2.75, 3.05) is 43.1 Å². The fourth-order valence-electron chi connectivity index (χ4n) is 7.95. The quantitative estimate of drug-likeness (QED) is 0.110. The second-order valence-electron chi connectivity index (χ2n) is 17.6. The van der Waals surface area contributed by atoms with Gasteiger partial charge in [-0.1, -0.05) is 37.8 Å². The van der Waals surface area contributed by atoms with E-state index in [9.17, 15) is 9.59 Å². The fourth-order valence-corrected chi connectivity index (χ4v) is 8.71. The summed E-state index contributed by atoms with van der Waals surface area (Å²) in [7, 11) is -1.28.